The molecule has 100 valence electrons. The van der Waals surface area contributed by atoms with Crippen LogP contribution in [0.5, 0.6) is 0 Å². The van der Waals surface area contributed by atoms with Crippen LogP contribution in [0.25, 0.3) is 0 Å². The molecule has 4 heteroatoms. The Kier molecular flexibility index (Phi) is 4.36. The molecule has 3 N–H and O–H groups in total. The Morgan fingerprint density at radius 3 is 2.63 bits per heavy atom. The summed E-state index contributed by atoms with van der Waals surface area (Å²) in [6.45, 7) is 2.58. The highest BCUT2D eigenvalue weighted by Gasteiger charge is 2.13. The van der Waals surface area contributed by atoms with Crippen molar-refractivity contribution in [2.24, 2.45) is 5.73 Å². The molecule has 0 unspecified atom stereocenters. The third-order valence-electron chi connectivity index (χ3n) is 2.96. The molecule has 19 heavy (non-hydrogen) atoms. The average Bonchev–Trinajstić information content (AvgIpc) is 2.90. The highest BCUT2D eigenvalue weighted by atomic mass is 16.3. The topological polar surface area (TPSA) is 68.3 Å². The van der Waals surface area contributed by atoms with Gasteiger partial charge >= 0.3 is 0 Å². The van der Waals surface area contributed by atoms with Gasteiger partial charge in [0.25, 0.3) is 5.91 Å². The number of nitrogens with one attached hydrogen (secondary N) is 1. The fourth-order valence-electron chi connectivity index (χ4n) is 1.94. The molecule has 0 radical (unpaired) electrons. The molecule has 1 aromatic carbocycles. The largest absolute Gasteiger partial charge is 0.469 e. The summed E-state index contributed by atoms with van der Waals surface area (Å²) in [7, 11) is 0. The van der Waals surface area contributed by atoms with Crippen LogP contribution in [0.2, 0.25) is 0 Å². The number of carbonyl (C=O) groups excluding carboxylic acids is 1. The van der Waals surface area contributed by atoms with Crippen LogP contribution in [0.3, 0.4) is 0 Å². The summed E-state index contributed by atoms with van der Waals surface area (Å²) in [5.74, 6) is 0.564. The molecule has 0 aliphatic rings. The molecule has 0 aliphatic heterocycles. The van der Waals surface area contributed by atoms with Crippen molar-refractivity contribution in [2.75, 3.05) is 11.9 Å². The van der Waals surface area contributed by atoms with E-state index in [1.54, 1.807) is 6.07 Å². The predicted molar refractivity (Wildman–Crippen MR) is 75.2 cm³/mol. The van der Waals surface area contributed by atoms with Gasteiger partial charge in [0.2, 0.25) is 0 Å². The lowest BCUT2D eigenvalue weighted by atomic mass is 10.1. The first-order chi connectivity index (χ1) is 9.24. The van der Waals surface area contributed by atoms with Crippen LogP contribution in [0.15, 0.2) is 41.0 Å². The van der Waals surface area contributed by atoms with Crippen LogP contribution in [0.1, 0.15) is 28.6 Å². The third kappa shape index (κ3) is 3.23. The first kappa shape index (κ1) is 13.4. The molecule has 2 aromatic rings. The standard InChI is InChI=1S/C15H18N2O2/c1-2-14-13(8-10-19-14)15(18)17-12-5-3-11(4-6-12)7-9-16/h3-6,8,10H,2,7,9,16H2,1H3,(H,17,18). The Hall–Kier alpha value is -2.07. The maximum atomic E-state index is 12.1. The van der Waals surface area contributed by atoms with E-state index in [-0.39, 0.29) is 5.91 Å². The zero-order valence-corrected chi connectivity index (χ0v) is 11.0. The number of aryl methyl sites for hydroxylation is 1. The highest BCUT2D eigenvalue weighted by Crippen LogP contribution is 2.15. The van der Waals surface area contributed by atoms with Gasteiger partial charge in [-0.2, -0.15) is 0 Å². The van der Waals surface area contributed by atoms with E-state index in [4.69, 9.17) is 10.2 Å². The van der Waals surface area contributed by atoms with E-state index in [0.717, 1.165) is 17.7 Å². The molecule has 1 aromatic heterocycles. The number of anilines is 1. The average molecular weight is 258 g/mol. The van der Waals surface area contributed by atoms with Gasteiger partial charge in [0.05, 0.1) is 11.8 Å². The van der Waals surface area contributed by atoms with Gasteiger partial charge in [0.15, 0.2) is 0 Å². The highest BCUT2D eigenvalue weighted by molar-refractivity contribution is 6.04. The normalized spacial score (nSPS) is 10.4. The second-order valence-electron chi connectivity index (χ2n) is 4.30. The van der Waals surface area contributed by atoms with Crippen LogP contribution in [-0.4, -0.2) is 12.5 Å². The van der Waals surface area contributed by atoms with E-state index in [9.17, 15) is 4.79 Å². The Labute approximate surface area is 112 Å². The Balaban J connectivity index is 2.06. The van der Waals surface area contributed by atoms with Crippen LogP contribution in [0, 0.1) is 0 Å². The lowest BCUT2D eigenvalue weighted by molar-refractivity contribution is 0.102. The maximum absolute atomic E-state index is 12.1. The summed E-state index contributed by atoms with van der Waals surface area (Å²) in [6.07, 6.45) is 3.08. The van der Waals surface area contributed by atoms with Gasteiger partial charge in [0, 0.05) is 12.1 Å². The van der Waals surface area contributed by atoms with E-state index in [2.05, 4.69) is 5.32 Å². The van der Waals surface area contributed by atoms with Gasteiger partial charge in [-0.15, -0.1) is 0 Å². The van der Waals surface area contributed by atoms with E-state index < -0.39 is 0 Å². The zero-order valence-electron chi connectivity index (χ0n) is 11.0. The molecule has 0 bridgehead atoms. The lowest BCUT2D eigenvalue weighted by Gasteiger charge is -2.06. The number of rotatable bonds is 5. The van der Waals surface area contributed by atoms with Gasteiger partial charge < -0.3 is 15.5 Å². The summed E-state index contributed by atoms with van der Waals surface area (Å²) >= 11 is 0. The van der Waals surface area contributed by atoms with Crippen molar-refractivity contribution in [1.29, 1.82) is 0 Å². The first-order valence-electron chi connectivity index (χ1n) is 6.41. The molecule has 0 aliphatic carbocycles. The van der Waals surface area contributed by atoms with Gasteiger partial charge in [-0.25, -0.2) is 0 Å². The summed E-state index contributed by atoms with van der Waals surface area (Å²) in [6, 6.07) is 9.40. The Morgan fingerprint density at radius 1 is 1.26 bits per heavy atom. The Bertz CT molecular complexity index is 544. The molecule has 1 amide bonds. The summed E-state index contributed by atoms with van der Waals surface area (Å²) in [5, 5.41) is 2.86. The van der Waals surface area contributed by atoms with Gasteiger partial charge in [-0.1, -0.05) is 19.1 Å². The molecule has 2 rings (SSSR count). The van der Waals surface area contributed by atoms with Crippen molar-refractivity contribution >= 4 is 11.6 Å². The number of furan rings is 1. The van der Waals surface area contributed by atoms with E-state index in [1.807, 2.05) is 31.2 Å². The van der Waals surface area contributed by atoms with Crippen molar-refractivity contribution in [3.05, 3.63) is 53.5 Å². The van der Waals surface area contributed by atoms with Crippen LogP contribution < -0.4 is 11.1 Å². The number of amides is 1. The summed E-state index contributed by atoms with van der Waals surface area (Å²) < 4.78 is 5.25. The van der Waals surface area contributed by atoms with Crippen LogP contribution in [-0.2, 0) is 12.8 Å². The predicted octanol–water partition coefficient (Wildman–Crippen LogP) is 2.60. The molecular weight excluding hydrogens is 240 g/mol. The zero-order chi connectivity index (χ0) is 13.7. The van der Waals surface area contributed by atoms with Crippen molar-refractivity contribution < 1.29 is 9.21 Å². The first-order valence-corrected chi connectivity index (χ1v) is 6.41. The smallest absolute Gasteiger partial charge is 0.259 e. The van der Waals surface area contributed by atoms with Crippen molar-refractivity contribution in [3.8, 4) is 0 Å². The van der Waals surface area contributed by atoms with Gasteiger partial charge in [-0.3, -0.25) is 4.79 Å². The van der Waals surface area contributed by atoms with Crippen molar-refractivity contribution in [3.63, 3.8) is 0 Å². The molecule has 0 spiro atoms. The quantitative estimate of drug-likeness (QED) is 0.866. The minimum Gasteiger partial charge on any atom is -0.469 e. The lowest BCUT2D eigenvalue weighted by Crippen LogP contribution is -2.12. The monoisotopic (exact) mass is 258 g/mol. The fraction of sp³-hybridized carbons (Fsp3) is 0.267. The molecular formula is C15H18N2O2. The van der Waals surface area contributed by atoms with Crippen LogP contribution in [0.4, 0.5) is 5.69 Å². The van der Waals surface area contributed by atoms with Gasteiger partial charge in [-0.05, 0) is 36.7 Å². The second kappa shape index (κ2) is 6.20. The maximum Gasteiger partial charge on any atom is 0.259 e. The minimum atomic E-state index is -0.142. The fourth-order valence-corrected chi connectivity index (χ4v) is 1.94. The number of nitrogens with two attached hydrogens (primary N) is 1. The molecule has 0 fully saturated rings. The third-order valence-corrected chi connectivity index (χ3v) is 2.96. The van der Waals surface area contributed by atoms with Crippen molar-refractivity contribution in [2.45, 2.75) is 19.8 Å². The summed E-state index contributed by atoms with van der Waals surface area (Å²) in [5.41, 5.74) is 8.02. The number of hydrogen-bond donors (Lipinski definition) is 2. The van der Waals surface area contributed by atoms with Crippen molar-refractivity contribution in [1.82, 2.24) is 0 Å². The van der Waals surface area contributed by atoms with E-state index >= 15 is 0 Å². The minimum absolute atomic E-state index is 0.142. The molecule has 0 saturated heterocycles. The van der Waals surface area contributed by atoms with Gasteiger partial charge in [0.1, 0.15) is 5.76 Å². The molecule has 0 saturated carbocycles. The molecule has 1 heterocycles. The number of carbonyl (C=O) groups is 1. The number of benzene rings is 1. The van der Waals surface area contributed by atoms with E-state index in [1.165, 1.54) is 6.26 Å². The number of hydrogen-bond acceptors (Lipinski definition) is 3. The molecule has 0 atom stereocenters. The second-order valence-corrected chi connectivity index (χ2v) is 4.30. The SMILES string of the molecule is CCc1occc1C(=O)Nc1ccc(CCN)cc1. The van der Waals surface area contributed by atoms with Crippen LogP contribution >= 0.6 is 0 Å². The summed E-state index contributed by atoms with van der Waals surface area (Å²) in [4.78, 5) is 12.1. The Morgan fingerprint density at radius 2 is 2.00 bits per heavy atom. The van der Waals surface area contributed by atoms with E-state index in [0.29, 0.717) is 24.3 Å². The molecule has 4 nitrogen and oxygen atoms in total.